The molecule has 0 radical (unpaired) electrons. The molecule has 2 unspecified atom stereocenters. The zero-order valence-electron chi connectivity index (χ0n) is 19.7. The lowest BCUT2D eigenvalue weighted by atomic mass is 9.91. The predicted molar refractivity (Wildman–Crippen MR) is 120 cm³/mol. The van der Waals surface area contributed by atoms with Gasteiger partial charge in [-0.3, -0.25) is 14.4 Å². The highest BCUT2D eigenvalue weighted by Gasteiger charge is 2.73. The van der Waals surface area contributed by atoms with Gasteiger partial charge in [0.2, 0.25) is 0 Å². The zero-order valence-corrected chi connectivity index (χ0v) is 19.7. The minimum absolute atomic E-state index is 0.0649. The molecular formula is C26H29F2NO4. The average molecular weight is 458 g/mol. The van der Waals surface area contributed by atoms with Crippen molar-refractivity contribution < 1.29 is 27.9 Å². The Morgan fingerprint density at radius 2 is 1.55 bits per heavy atom. The molecule has 0 spiro atoms. The third-order valence-corrected chi connectivity index (χ3v) is 6.94. The lowest BCUT2D eigenvalue weighted by molar-refractivity contribution is -0.150. The fraction of sp³-hybridized carbons (Fsp3) is 0.423. The van der Waals surface area contributed by atoms with E-state index >= 15 is 0 Å². The first-order valence-electron chi connectivity index (χ1n) is 10.9. The first-order valence-corrected chi connectivity index (χ1v) is 10.9. The van der Waals surface area contributed by atoms with Crippen molar-refractivity contribution in [1.82, 2.24) is 5.32 Å². The monoisotopic (exact) mass is 457 g/mol. The Labute approximate surface area is 192 Å². The summed E-state index contributed by atoms with van der Waals surface area (Å²) in [6.45, 7) is 10.9. The molecule has 1 saturated carbocycles. The quantitative estimate of drug-likeness (QED) is 0.467. The van der Waals surface area contributed by atoms with Crippen molar-refractivity contribution in [3.05, 3.63) is 70.8 Å². The Morgan fingerprint density at radius 1 is 1.00 bits per heavy atom. The number of carbonyl (C=O) groups excluding carboxylic acids is 3. The Balaban J connectivity index is 1.79. The summed E-state index contributed by atoms with van der Waals surface area (Å²) in [5, 5.41) is 2.43. The third kappa shape index (κ3) is 4.05. The normalized spacial score (nSPS) is 21.3. The van der Waals surface area contributed by atoms with Gasteiger partial charge >= 0.3 is 5.97 Å². The van der Waals surface area contributed by atoms with E-state index in [0.29, 0.717) is 12.2 Å². The number of esters is 1. The van der Waals surface area contributed by atoms with Crippen LogP contribution in [-0.4, -0.2) is 29.8 Å². The summed E-state index contributed by atoms with van der Waals surface area (Å²) in [5.74, 6) is -3.74. The van der Waals surface area contributed by atoms with Crippen LogP contribution in [0.25, 0.3) is 0 Å². The summed E-state index contributed by atoms with van der Waals surface area (Å²) in [6, 6.07) is 9.97. The van der Waals surface area contributed by atoms with Crippen LogP contribution in [0.1, 0.15) is 73.7 Å². The highest BCUT2D eigenvalue weighted by atomic mass is 19.1. The Kier molecular flexibility index (Phi) is 6.22. The summed E-state index contributed by atoms with van der Waals surface area (Å²) >= 11 is 0. The molecule has 176 valence electrons. The van der Waals surface area contributed by atoms with Crippen LogP contribution >= 0.6 is 0 Å². The molecule has 0 aromatic heterocycles. The van der Waals surface area contributed by atoms with Crippen molar-refractivity contribution in [3.8, 4) is 0 Å². The highest BCUT2D eigenvalue weighted by Crippen LogP contribution is 2.74. The molecule has 5 nitrogen and oxygen atoms in total. The van der Waals surface area contributed by atoms with Crippen LogP contribution in [0.4, 0.5) is 8.78 Å². The number of hydrogen-bond acceptors (Lipinski definition) is 4. The van der Waals surface area contributed by atoms with E-state index in [2.05, 4.69) is 5.32 Å². The maximum absolute atomic E-state index is 13.9. The first-order chi connectivity index (χ1) is 15.3. The number of hydrogen-bond donors (Lipinski definition) is 1. The van der Waals surface area contributed by atoms with E-state index in [0.717, 1.165) is 23.8 Å². The number of ether oxygens (including phenoxy) is 1. The minimum atomic E-state index is -1.41. The van der Waals surface area contributed by atoms with Gasteiger partial charge < -0.3 is 10.1 Å². The number of Topliss-reactive ketones (excluding diaryl/α,β-unsaturated/α-hetero) is 1. The molecule has 7 heteroatoms. The van der Waals surface area contributed by atoms with Crippen molar-refractivity contribution in [2.45, 2.75) is 53.0 Å². The van der Waals surface area contributed by atoms with Crippen molar-refractivity contribution in [3.63, 3.8) is 0 Å². The summed E-state index contributed by atoms with van der Waals surface area (Å²) in [5.41, 5.74) is -1.88. The fourth-order valence-corrected chi connectivity index (χ4v) is 4.70. The molecule has 2 aromatic rings. The molecule has 1 N–H and O–H groups in total. The van der Waals surface area contributed by atoms with Crippen LogP contribution in [0.5, 0.6) is 0 Å². The van der Waals surface area contributed by atoms with E-state index in [1.54, 1.807) is 31.2 Å². The first kappa shape index (κ1) is 24.6. The second kappa shape index (κ2) is 8.36. The number of rotatable bonds is 7. The summed E-state index contributed by atoms with van der Waals surface area (Å²) in [4.78, 5) is 38.1. The Morgan fingerprint density at radius 3 is 2.06 bits per heavy atom. The van der Waals surface area contributed by atoms with Gasteiger partial charge in [0.05, 0.1) is 17.6 Å². The van der Waals surface area contributed by atoms with Gasteiger partial charge in [0.15, 0.2) is 5.78 Å². The number of benzene rings is 2. The smallest absolute Gasteiger partial charge is 0.312 e. The molecule has 33 heavy (non-hydrogen) atoms. The van der Waals surface area contributed by atoms with Gasteiger partial charge in [-0.1, -0.05) is 44.2 Å². The van der Waals surface area contributed by atoms with Gasteiger partial charge in [0.25, 0.3) is 5.91 Å². The van der Waals surface area contributed by atoms with Gasteiger partial charge in [-0.05, 0) is 50.8 Å². The van der Waals surface area contributed by atoms with Crippen LogP contribution < -0.4 is 5.32 Å². The fourth-order valence-electron chi connectivity index (χ4n) is 4.70. The summed E-state index contributed by atoms with van der Waals surface area (Å²) < 4.78 is 33.1. The maximum atomic E-state index is 13.9. The van der Waals surface area contributed by atoms with Crippen LogP contribution in [-0.2, 0) is 9.53 Å². The van der Waals surface area contributed by atoms with Crippen molar-refractivity contribution >= 4 is 17.7 Å². The zero-order chi connectivity index (χ0) is 24.8. The lowest BCUT2D eigenvalue weighted by Gasteiger charge is -2.25. The predicted octanol–water partition coefficient (Wildman–Crippen LogP) is 5.05. The van der Waals surface area contributed by atoms with Gasteiger partial charge in [-0.2, -0.15) is 0 Å². The third-order valence-electron chi connectivity index (χ3n) is 6.94. The van der Waals surface area contributed by atoms with Gasteiger partial charge in [0, 0.05) is 11.5 Å². The van der Waals surface area contributed by atoms with Gasteiger partial charge in [-0.15, -0.1) is 0 Å². The van der Waals surface area contributed by atoms with Crippen molar-refractivity contribution in [2.75, 3.05) is 6.61 Å². The molecule has 3 rings (SSSR count). The Hall–Kier alpha value is -3.09. The van der Waals surface area contributed by atoms with E-state index in [1.807, 2.05) is 20.8 Å². The summed E-state index contributed by atoms with van der Waals surface area (Å²) in [7, 11) is 0. The maximum Gasteiger partial charge on any atom is 0.312 e. The number of nitrogens with one attached hydrogen (secondary N) is 1. The largest absolute Gasteiger partial charge is 0.466 e. The number of amides is 1. The Bertz CT molecular complexity index is 1090. The molecule has 0 heterocycles. The topological polar surface area (TPSA) is 72.5 Å². The van der Waals surface area contributed by atoms with Gasteiger partial charge in [-0.25, -0.2) is 8.78 Å². The molecule has 1 fully saturated rings. The molecule has 0 bridgehead atoms. The lowest BCUT2D eigenvalue weighted by Crippen LogP contribution is -2.50. The van der Waals surface area contributed by atoms with E-state index in [-0.39, 0.29) is 17.3 Å². The van der Waals surface area contributed by atoms with E-state index in [1.165, 1.54) is 13.8 Å². The van der Waals surface area contributed by atoms with Crippen molar-refractivity contribution in [2.24, 2.45) is 10.8 Å². The standard InChI is InChI=1S/C26H29F2NO4/c1-7-33-23(32)26(6)20(24(26,2)3)15-11-13-16(14-12-15)21(30)25(4,5)29-22(31)19-17(27)9-8-10-18(19)28/h8-14,20H,7H2,1-6H3,(H,29,31). The molecule has 2 aromatic carbocycles. The number of carbonyl (C=O) groups is 3. The second-order valence-corrected chi connectivity index (χ2v) is 9.70. The van der Waals surface area contributed by atoms with E-state index < -0.39 is 39.8 Å². The molecule has 1 aliphatic rings. The molecule has 1 amide bonds. The molecule has 0 aliphatic heterocycles. The van der Waals surface area contributed by atoms with Crippen LogP contribution in [0, 0.1) is 22.5 Å². The average Bonchev–Trinajstić information content (AvgIpc) is 3.20. The highest BCUT2D eigenvalue weighted by molar-refractivity contribution is 6.06. The molecule has 2 atom stereocenters. The van der Waals surface area contributed by atoms with Crippen LogP contribution in [0.3, 0.4) is 0 Å². The molecular weight excluding hydrogens is 428 g/mol. The SMILES string of the molecule is CCOC(=O)C1(C)C(c2ccc(C(=O)C(C)(C)NC(=O)c3c(F)cccc3F)cc2)C1(C)C. The summed E-state index contributed by atoms with van der Waals surface area (Å²) in [6.07, 6.45) is 0. The second-order valence-electron chi connectivity index (χ2n) is 9.70. The van der Waals surface area contributed by atoms with Crippen molar-refractivity contribution in [1.29, 1.82) is 0 Å². The number of ketones is 1. The molecule has 1 aliphatic carbocycles. The minimum Gasteiger partial charge on any atom is -0.466 e. The van der Waals surface area contributed by atoms with E-state index in [4.69, 9.17) is 4.74 Å². The van der Waals surface area contributed by atoms with E-state index in [9.17, 15) is 23.2 Å². The van der Waals surface area contributed by atoms with Crippen LogP contribution in [0.2, 0.25) is 0 Å². The van der Waals surface area contributed by atoms with Gasteiger partial charge in [0.1, 0.15) is 17.2 Å². The molecule has 0 saturated heterocycles. The van der Waals surface area contributed by atoms with Crippen LogP contribution in [0.15, 0.2) is 42.5 Å². The number of halogens is 2.